The van der Waals surface area contributed by atoms with E-state index in [9.17, 15) is 22.4 Å². The van der Waals surface area contributed by atoms with Gasteiger partial charge in [-0.1, -0.05) is 6.07 Å². The highest BCUT2D eigenvalue weighted by atomic mass is 19.4. The maximum absolute atomic E-state index is 13.2. The fourth-order valence-corrected chi connectivity index (χ4v) is 1.22. The average Bonchev–Trinajstić information content (AvgIpc) is 2.20. The predicted molar refractivity (Wildman–Crippen MR) is 52.4 cm³/mol. The minimum Gasteiger partial charge on any atom is -0.480 e. The van der Waals surface area contributed by atoms with Crippen LogP contribution in [0.5, 0.6) is 5.75 Å². The summed E-state index contributed by atoms with van der Waals surface area (Å²) >= 11 is 0. The molecule has 0 amide bonds. The third-order valence-corrected chi connectivity index (χ3v) is 1.99. The molecule has 0 aliphatic rings. The van der Waals surface area contributed by atoms with Crippen molar-refractivity contribution in [2.45, 2.75) is 18.8 Å². The van der Waals surface area contributed by atoms with Crippen LogP contribution in [0.15, 0.2) is 18.2 Å². The van der Waals surface area contributed by atoms with Gasteiger partial charge < -0.3 is 15.6 Å². The van der Waals surface area contributed by atoms with Crippen LogP contribution in [0.3, 0.4) is 0 Å². The van der Waals surface area contributed by atoms with Crippen molar-refractivity contribution in [2.24, 2.45) is 5.73 Å². The number of carboxylic acids is 1. The summed E-state index contributed by atoms with van der Waals surface area (Å²) in [5.74, 6) is -3.50. The van der Waals surface area contributed by atoms with E-state index in [4.69, 9.17) is 10.8 Å². The number of hydrogen-bond donors (Lipinski definition) is 2. The van der Waals surface area contributed by atoms with E-state index < -0.39 is 29.9 Å². The second-order valence-electron chi connectivity index (χ2n) is 3.46. The lowest BCUT2D eigenvalue weighted by Gasteiger charge is -2.11. The van der Waals surface area contributed by atoms with E-state index in [1.54, 1.807) is 0 Å². The third kappa shape index (κ3) is 4.21. The number of benzene rings is 1. The van der Waals surface area contributed by atoms with Crippen LogP contribution in [-0.4, -0.2) is 23.5 Å². The molecule has 0 saturated carbocycles. The van der Waals surface area contributed by atoms with E-state index in [2.05, 4.69) is 4.74 Å². The van der Waals surface area contributed by atoms with Crippen molar-refractivity contribution in [3.05, 3.63) is 29.6 Å². The normalized spacial score (nSPS) is 13.2. The molecule has 0 heterocycles. The molecule has 3 N–H and O–H groups in total. The first-order valence-corrected chi connectivity index (χ1v) is 4.71. The first-order chi connectivity index (χ1) is 8.19. The Morgan fingerprint density at radius 3 is 2.50 bits per heavy atom. The van der Waals surface area contributed by atoms with E-state index in [0.29, 0.717) is 0 Å². The van der Waals surface area contributed by atoms with Gasteiger partial charge in [-0.25, -0.2) is 4.39 Å². The number of nitrogens with two attached hydrogens (primary N) is 1. The summed E-state index contributed by atoms with van der Waals surface area (Å²) in [6, 6.07) is 1.39. The van der Waals surface area contributed by atoms with Crippen molar-refractivity contribution >= 4 is 5.97 Å². The third-order valence-electron chi connectivity index (χ3n) is 1.99. The molecule has 0 aliphatic carbocycles. The lowest BCUT2D eigenvalue weighted by atomic mass is 10.1. The lowest BCUT2D eigenvalue weighted by Crippen LogP contribution is -2.32. The summed E-state index contributed by atoms with van der Waals surface area (Å²) < 4.78 is 52.2. The first-order valence-electron chi connectivity index (χ1n) is 4.71. The smallest absolute Gasteiger partial charge is 0.480 e. The minimum atomic E-state index is -4.99. The average molecular weight is 267 g/mol. The van der Waals surface area contributed by atoms with Gasteiger partial charge in [-0.2, -0.15) is 0 Å². The van der Waals surface area contributed by atoms with Crippen molar-refractivity contribution in [1.29, 1.82) is 0 Å². The first kappa shape index (κ1) is 14.2. The predicted octanol–water partition coefficient (Wildman–Crippen LogP) is 1.68. The molecule has 1 rings (SSSR count). The molecule has 8 heteroatoms. The summed E-state index contributed by atoms with van der Waals surface area (Å²) in [4.78, 5) is 10.5. The van der Waals surface area contributed by atoms with E-state index in [0.717, 1.165) is 18.2 Å². The molecular formula is C10H9F4NO3. The van der Waals surface area contributed by atoms with Gasteiger partial charge >= 0.3 is 12.3 Å². The molecule has 1 aromatic rings. The zero-order valence-corrected chi connectivity index (χ0v) is 8.87. The summed E-state index contributed by atoms with van der Waals surface area (Å²) in [7, 11) is 0. The number of alkyl halides is 3. The minimum absolute atomic E-state index is 0.164. The van der Waals surface area contributed by atoms with Crippen LogP contribution in [0.4, 0.5) is 17.6 Å². The summed E-state index contributed by atoms with van der Waals surface area (Å²) in [5, 5.41) is 8.53. The highest BCUT2D eigenvalue weighted by molar-refractivity contribution is 5.73. The van der Waals surface area contributed by atoms with Crippen molar-refractivity contribution in [3.63, 3.8) is 0 Å². The molecule has 4 nitrogen and oxygen atoms in total. The van der Waals surface area contributed by atoms with E-state index in [-0.39, 0.29) is 12.0 Å². The quantitative estimate of drug-likeness (QED) is 0.814. The molecule has 0 aromatic heterocycles. The molecule has 0 fully saturated rings. The van der Waals surface area contributed by atoms with E-state index in [1.807, 2.05) is 0 Å². The van der Waals surface area contributed by atoms with E-state index in [1.165, 1.54) is 0 Å². The Bertz CT molecular complexity index is 447. The van der Waals surface area contributed by atoms with Crippen LogP contribution in [0.25, 0.3) is 0 Å². The second kappa shape index (κ2) is 5.21. The van der Waals surface area contributed by atoms with Gasteiger partial charge in [0.05, 0.1) is 0 Å². The molecule has 0 radical (unpaired) electrons. The van der Waals surface area contributed by atoms with Crippen molar-refractivity contribution in [2.75, 3.05) is 0 Å². The molecular weight excluding hydrogens is 258 g/mol. The van der Waals surface area contributed by atoms with Crippen LogP contribution in [0.1, 0.15) is 5.56 Å². The number of rotatable bonds is 4. The number of hydrogen-bond acceptors (Lipinski definition) is 3. The topological polar surface area (TPSA) is 72.5 Å². The monoisotopic (exact) mass is 267 g/mol. The molecule has 0 aliphatic heterocycles. The lowest BCUT2D eigenvalue weighted by molar-refractivity contribution is -0.275. The van der Waals surface area contributed by atoms with Crippen LogP contribution in [0, 0.1) is 5.82 Å². The van der Waals surface area contributed by atoms with Gasteiger partial charge in [0.15, 0.2) is 11.6 Å². The van der Waals surface area contributed by atoms with Crippen LogP contribution in [0.2, 0.25) is 0 Å². The molecule has 18 heavy (non-hydrogen) atoms. The highest BCUT2D eigenvalue weighted by Gasteiger charge is 2.32. The second-order valence-corrected chi connectivity index (χ2v) is 3.46. The molecule has 0 saturated heterocycles. The number of aliphatic carboxylic acids is 1. The summed E-state index contributed by atoms with van der Waals surface area (Å²) in [5.41, 5.74) is 5.37. The van der Waals surface area contributed by atoms with Gasteiger partial charge in [-0.05, 0) is 24.1 Å². The molecule has 0 bridgehead atoms. The molecule has 1 atom stereocenters. The Morgan fingerprint density at radius 2 is 2.06 bits per heavy atom. The zero-order chi connectivity index (χ0) is 13.9. The van der Waals surface area contributed by atoms with Crippen LogP contribution in [-0.2, 0) is 11.2 Å². The number of carboxylic acid groups (broad SMARTS) is 1. The number of ether oxygens (including phenoxy) is 1. The Labute approximate surface area is 99.0 Å². The maximum atomic E-state index is 13.2. The fraction of sp³-hybridized carbons (Fsp3) is 0.300. The molecule has 0 spiro atoms. The summed E-state index contributed by atoms with van der Waals surface area (Å²) in [6.45, 7) is 0. The largest absolute Gasteiger partial charge is 0.573 e. The fourth-order valence-electron chi connectivity index (χ4n) is 1.22. The van der Waals surface area contributed by atoms with Gasteiger partial charge in [0.25, 0.3) is 0 Å². The Kier molecular flexibility index (Phi) is 4.12. The van der Waals surface area contributed by atoms with Gasteiger partial charge in [-0.15, -0.1) is 13.2 Å². The van der Waals surface area contributed by atoms with Gasteiger partial charge in [0.1, 0.15) is 6.04 Å². The molecule has 100 valence electrons. The Balaban J connectivity index is 2.83. The van der Waals surface area contributed by atoms with Crippen molar-refractivity contribution in [3.8, 4) is 5.75 Å². The van der Waals surface area contributed by atoms with Crippen LogP contribution >= 0.6 is 0 Å². The zero-order valence-electron chi connectivity index (χ0n) is 8.87. The standard InChI is InChI=1S/C10H9F4NO3/c11-6-3-5(4-7(15)9(16)17)1-2-8(6)18-10(12,13)14/h1-3,7H,4,15H2,(H,16,17)/t7-/m1/s1. The van der Waals surface area contributed by atoms with Crippen molar-refractivity contribution in [1.82, 2.24) is 0 Å². The Morgan fingerprint density at radius 1 is 1.44 bits per heavy atom. The van der Waals surface area contributed by atoms with Crippen LogP contribution < -0.4 is 10.5 Å². The highest BCUT2D eigenvalue weighted by Crippen LogP contribution is 2.26. The van der Waals surface area contributed by atoms with E-state index >= 15 is 0 Å². The van der Waals surface area contributed by atoms with Gasteiger partial charge in [0.2, 0.25) is 0 Å². The van der Waals surface area contributed by atoms with Crippen molar-refractivity contribution < 1.29 is 32.2 Å². The van der Waals surface area contributed by atoms with Gasteiger partial charge in [0, 0.05) is 0 Å². The molecule has 0 unspecified atom stereocenters. The maximum Gasteiger partial charge on any atom is 0.573 e. The number of carbonyl (C=O) groups is 1. The Hall–Kier alpha value is -1.83. The molecule has 1 aromatic carbocycles. The SMILES string of the molecule is N[C@H](Cc1ccc(OC(F)(F)F)c(F)c1)C(=O)O. The summed E-state index contributed by atoms with van der Waals surface area (Å²) in [6.07, 6.45) is -5.18. The van der Waals surface area contributed by atoms with Gasteiger partial charge in [-0.3, -0.25) is 4.79 Å². The number of halogens is 4.